The lowest BCUT2D eigenvalue weighted by Gasteiger charge is -2.44. The zero-order chi connectivity index (χ0) is 12.7. The first-order chi connectivity index (χ1) is 7.09. The lowest BCUT2D eigenvalue weighted by atomic mass is 9.82. The molecule has 1 aliphatic rings. The summed E-state index contributed by atoms with van der Waals surface area (Å²) in [5, 5.41) is 0. The minimum atomic E-state index is -0.881. The van der Waals surface area contributed by atoms with Crippen molar-refractivity contribution < 1.29 is 9.13 Å². The van der Waals surface area contributed by atoms with Crippen LogP contribution in [0.25, 0.3) is 0 Å². The number of hydrogen-bond donors (Lipinski definition) is 0. The standard InChI is InChI=1S/C13H26FNO/c1-12(2,3)11-10(16-7)9(14)8-15(11)13(4,5)6/h9-11H,8H2,1-7H3/t9-,10-,11-/m0/s1. The zero-order valence-corrected chi connectivity index (χ0v) is 11.7. The van der Waals surface area contributed by atoms with Gasteiger partial charge in [0.1, 0.15) is 12.3 Å². The van der Waals surface area contributed by atoms with Crippen LogP contribution in [0.1, 0.15) is 41.5 Å². The van der Waals surface area contributed by atoms with E-state index in [1.54, 1.807) is 7.11 Å². The van der Waals surface area contributed by atoms with E-state index in [9.17, 15) is 4.39 Å². The Balaban J connectivity index is 3.03. The lowest BCUT2D eigenvalue weighted by molar-refractivity contribution is -0.0257. The van der Waals surface area contributed by atoms with Crippen LogP contribution in [-0.4, -0.2) is 42.4 Å². The van der Waals surface area contributed by atoms with Gasteiger partial charge >= 0.3 is 0 Å². The number of hydrogen-bond acceptors (Lipinski definition) is 2. The van der Waals surface area contributed by atoms with Gasteiger partial charge < -0.3 is 4.74 Å². The molecule has 3 atom stereocenters. The highest BCUT2D eigenvalue weighted by molar-refractivity contribution is 5.03. The van der Waals surface area contributed by atoms with Crippen LogP contribution in [-0.2, 0) is 4.74 Å². The number of halogens is 1. The molecule has 0 radical (unpaired) electrons. The first kappa shape index (κ1) is 13.9. The summed E-state index contributed by atoms with van der Waals surface area (Å²) in [5.74, 6) is 0. The van der Waals surface area contributed by atoms with Gasteiger partial charge in [0, 0.05) is 25.2 Å². The van der Waals surface area contributed by atoms with E-state index in [0.717, 1.165) is 0 Å². The highest BCUT2D eigenvalue weighted by atomic mass is 19.1. The highest BCUT2D eigenvalue weighted by Gasteiger charge is 2.51. The van der Waals surface area contributed by atoms with Crippen molar-refractivity contribution in [2.24, 2.45) is 5.41 Å². The Morgan fingerprint density at radius 2 is 1.62 bits per heavy atom. The molecule has 1 saturated heterocycles. The van der Waals surface area contributed by atoms with E-state index >= 15 is 0 Å². The maximum absolute atomic E-state index is 14.0. The Hall–Kier alpha value is -0.150. The third-order valence-electron chi connectivity index (χ3n) is 3.40. The van der Waals surface area contributed by atoms with Gasteiger partial charge in [-0.25, -0.2) is 4.39 Å². The topological polar surface area (TPSA) is 12.5 Å². The summed E-state index contributed by atoms with van der Waals surface area (Å²) in [7, 11) is 1.61. The predicted molar refractivity (Wildman–Crippen MR) is 65.4 cm³/mol. The van der Waals surface area contributed by atoms with Crippen molar-refractivity contribution in [1.29, 1.82) is 0 Å². The van der Waals surface area contributed by atoms with Crippen molar-refractivity contribution >= 4 is 0 Å². The maximum Gasteiger partial charge on any atom is 0.140 e. The fourth-order valence-corrected chi connectivity index (χ4v) is 2.71. The second kappa shape index (κ2) is 4.26. The molecule has 0 unspecified atom stereocenters. The molecule has 1 fully saturated rings. The average Bonchev–Trinajstić information content (AvgIpc) is 2.40. The molecule has 1 rings (SSSR count). The van der Waals surface area contributed by atoms with E-state index in [0.29, 0.717) is 6.54 Å². The third kappa shape index (κ3) is 2.57. The first-order valence-corrected chi connectivity index (χ1v) is 6.02. The largest absolute Gasteiger partial charge is 0.377 e. The summed E-state index contributed by atoms with van der Waals surface area (Å²) in [6.45, 7) is 13.3. The molecule has 0 aromatic rings. The molecule has 0 spiro atoms. The molecular weight excluding hydrogens is 205 g/mol. The molecule has 3 heteroatoms. The molecule has 0 aromatic heterocycles. The number of ether oxygens (including phenoxy) is 1. The molecule has 1 aliphatic heterocycles. The molecular formula is C13H26FNO. The Morgan fingerprint density at radius 3 is 1.94 bits per heavy atom. The summed E-state index contributed by atoms with van der Waals surface area (Å²) in [4.78, 5) is 2.24. The number of rotatable bonds is 1. The average molecular weight is 231 g/mol. The molecule has 0 N–H and O–H groups in total. The van der Waals surface area contributed by atoms with Crippen LogP contribution in [0.2, 0.25) is 0 Å². The number of methoxy groups -OCH3 is 1. The third-order valence-corrected chi connectivity index (χ3v) is 3.40. The summed E-state index contributed by atoms with van der Waals surface area (Å²) in [6.07, 6.45) is -1.19. The molecule has 0 aliphatic carbocycles. The number of nitrogens with zero attached hydrogens (tertiary/aromatic N) is 1. The van der Waals surface area contributed by atoms with Crippen LogP contribution in [0.3, 0.4) is 0 Å². The van der Waals surface area contributed by atoms with E-state index in [4.69, 9.17) is 4.74 Å². The maximum atomic E-state index is 14.0. The van der Waals surface area contributed by atoms with Crippen LogP contribution in [0, 0.1) is 5.41 Å². The van der Waals surface area contributed by atoms with E-state index in [1.165, 1.54) is 0 Å². The molecule has 16 heavy (non-hydrogen) atoms. The van der Waals surface area contributed by atoms with Gasteiger partial charge in [0.25, 0.3) is 0 Å². The summed E-state index contributed by atoms with van der Waals surface area (Å²) < 4.78 is 19.4. The molecule has 0 aromatic carbocycles. The Morgan fingerprint density at radius 1 is 1.12 bits per heavy atom. The van der Waals surface area contributed by atoms with Gasteiger partial charge in [0.15, 0.2) is 0 Å². The lowest BCUT2D eigenvalue weighted by Crippen LogP contribution is -2.53. The summed E-state index contributed by atoms with van der Waals surface area (Å²) in [5.41, 5.74) is 0.00433. The molecule has 1 heterocycles. The van der Waals surface area contributed by atoms with Gasteiger partial charge in [-0.15, -0.1) is 0 Å². The van der Waals surface area contributed by atoms with Crippen molar-refractivity contribution in [2.75, 3.05) is 13.7 Å². The Kier molecular flexibility index (Phi) is 3.71. The van der Waals surface area contributed by atoms with Gasteiger partial charge in [-0.1, -0.05) is 20.8 Å². The quantitative estimate of drug-likeness (QED) is 0.688. The summed E-state index contributed by atoms with van der Waals surface area (Å²) >= 11 is 0. The second-order valence-corrected chi connectivity index (χ2v) is 6.85. The van der Waals surface area contributed by atoms with Gasteiger partial charge in [0.2, 0.25) is 0 Å². The normalized spacial score (nSPS) is 33.4. The van der Waals surface area contributed by atoms with Gasteiger partial charge in [-0.3, -0.25) is 4.90 Å². The molecule has 0 bridgehead atoms. The van der Waals surface area contributed by atoms with Crippen LogP contribution in [0.15, 0.2) is 0 Å². The Bertz CT molecular complexity index is 241. The van der Waals surface area contributed by atoms with E-state index < -0.39 is 6.17 Å². The van der Waals surface area contributed by atoms with Gasteiger partial charge in [0.05, 0.1) is 0 Å². The van der Waals surface area contributed by atoms with Crippen molar-refractivity contribution in [3.63, 3.8) is 0 Å². The summed E-state index contributed by atoms with van der Waals surface area (Å²) in [6, 6.07) is 0.132. The number of alkyl halides is 1. The van der Waals surface area contributed by atoms with Gasteiger partial charge in [-0.05, 0) is 26.2 Å². The minimum absolute atomic E-state index is 0.0183. The van der Waals surface area contributed by atoms with Crippen molar-refractivity contribution in [2.45, 2.75) is 65.4 Å². The SMILES string of the molecule is CO[C@@H]1[C@@H](C(C)(C)C)N(C(C)(C)C)C[C@@H]1F. The molecule has 0 amide bonds. The van der Waals surface area contributed by atoms with E-state index in [-0.39, 0.29) is 23.1 Å². The minimum Gasteiger partial charge on any atom is -0.377 e. The molecule has 2 nitrogen and oxygen atoms in total. The number of likely N-dealkylation sites (tertiary alicyclic amines) is 1. The fraction of sp³-hybridized carbons (Fsp3) is 1.00. The monoisotopic (exact) mass is 231 g/mol. The molecule has 0 saturated carbocycles. The van der Waals surface area contributed by atoms with E-state index in [1.807, 2.05) is 0 Å². The predicted octanol–water partition coefficient (Wildman–Crippen LogP) is 2.87. The highest BCUT2D eigenvalue weighted by Crippen LogP contribution is 2.39. The van der Waals surface area contributed by atoms with Crippen molar-refractivity contribution in [1.82, 2.24) is 4.90 Å². The first-order valence-electron chi connectivity index (χ1n) is 6.02. The van der Waals surface area contributed by atoms with Crippen LogP contribution < -0.4 is 0 Å². The fourth-order valence-electron chi connectivity index (χ4n) is 2.71. The van der Waals surface area contributed by atoms with Gasteiger partial charge in [-0.2, -0.15) is 0 Å². The van der Waals surface area contributed by atoms with Crippen molar-refractivity contribution in [3.05, 3.63) is 0 Å². The Labute approximate surface area is 99.2 Å². The van der Waals surface area contributed by atoms with Crippen LogP contribution >= 0.6 is 0 Å². The zero-order valence-electron chi connectivity index (χ0n) is 11.7. The van der Waals surface area contributed by atoms with Crippen LogP contribution in [0.4, 0.5) is 4.39 Å². The molecule has 96 valence electrons. The smallest absolute Gasteiger partial charge is 0.140 e. The van der Waals surface area contributed by atoms with Crippen molar-refractivity contribution in [3.8, 4) is 0 Å². The van der Waals surface area contributed by atoms with Crippen LogP contribution in [0.5, 0.6) is 0 Å². The second-order valence-electron chi connectivity index (χ2n) is 6.85. The van der Waals surface area contributed by atoms with E-state index in [2.05, 4.69) is 46.4 Å².